The first-order chi connectivity index (χ1) is 12.3. The van der Waals surface area contributed by atoms with Gasteiger partial charge in [-0.2, -0.15) is 0 Å². The molecule has 7 heteroatoms. The highest BCUT2D eigenvalue weighted by molar-refractivity contribution is 5.94. The van der Waals surface area contributed by atoms with Crippen molar-refractivity contribution in [3.63, 3.8) is 0 Å². The molecule has 1 aromatic rings. The molecular formula is C19H30ClN3O3. The largest absolute Gasteiger partial charge is 0.497 e. The molecule has 0 radical (unpaired) electrons. The third-order valence-electron chi connectivity index (χ3n) is 5.19. The Morgan fingerprint density at radius 2 is 2.23 bits per heavy atom. The summed E-state index contributed by atoms with van der Waals surface area (Å²) in [4.78, 5) is 12.2. The minimum atomic E-state index is -0.0639. The molecule has 1 heterocycles. The van der Waals surface area contributed by atoms with Gasteiger partial charge in [-0.25, -0.2) is 0 Å². The zero-order chi connectivity index (χ0) is 17.5. The molecule has 1 aliphatic carbocycles. The lowest BCUT2D eigenvalue weighted by molar-refractivity contribution is 0.0526. The van der Waals surface area contributed by atoms with Gasteiger partial charge < -0.3 is 25.4 Å². The van der Waals surface area contributed by atoms with Crippen LogP contribution in [-0.4, -0.2) is 57.9 Å². The molecular weight excluding hydrogens is 354 g/mol. The highest BCUT2D eigenvalue weighted by Crippen LogP contribution is 2.29. The Kier molecular flexibility index (Phi) is 8.65. The molecule has 2 fully saturated rings. The van der Waals surface area contributed by atoms with Crippen LogP contribution in [0.2, 0.25) is 0 Å². The van der Waals surface area contributed by atoms with Crippen LogP contribution in [0.15, 0.2) is 24.3 Å². The van der Waals surface area contributed by atoms with Crippen LogP contribution in [0.25, 0.3) is 0 Å². The van der Waals surface area contributed by atoms with Crippen LogP contribution in [0.4, 0.5) is 0 Å². The van der Waals surface area contributed by atoms with Gasteiger partial charge in [-0.3, -0.25) is 4.79 Å². The first-order valence-electron chi connectivity index (χ1n) is 9.24. The SMILES string of the molecule is COc1cccc(C(=O)NCCNC2CCCC2C2COCCN2)c1.Cl. The van der Waals surface area contributed by atoms with E-state index in [1.165, 1.54) is 19.3 Å². The maximum atomic E-state index is 12.2. The smallest absolute Gasteiger partial charge is 0.251 e. The van der Waals surface area contributed by atoms with E-state index in [-0.39, 0.29) is 18.3 Å². The molecule has 26 heavy (non-hydrogen) atoms. The molecule has 3 rings (SSSR count). The Hall–Kier alpha value is -1.34. The second kappa shape index (κ2) is 10.7. The quantitative estimate of drug-likeness (QED) is 0.624. The zero-order valence-corrected chi connectivity index (χ0v) is 16.1. The van der Waals surface area contributed by atoms with Gasteiger partial charge in [0.1, 0.15) is 5.75 Å². The van der Waals surface area contributed by atoms with Crippen molar-refractivity contribution in [3.05, 3.63) is 29.8 Å². The summed E-state index contributed by atoms with van der Waals surface area (Å²) in [6, 6.07) is 8.18. The average Bonchev–Trinajstić information content (AvgIpc) is 3.14. The molecule has 2 aliphatic rings. The van der Waals surface area contributed by atoms with Gasteiger partial charge in [-0.05, 0) is 37.0 Å². The number of morpholine rings is 1. The number of halogens is 1. The third kappa shape index (κ3) is 5.58. The molecule has 0 bridgehead atoms. The second-order valence-corrected chi connectivity index (χ2v) is 6.78. The average molecular weight is 384 g/mol. The Morgan fingerprint density at radius 1 is 1.35 bits per heavy atom. The molecule has 3 N–H and O–H groups in total. The van der Waals surface area contributed by atoms with Crippen molar-refractivity contribution in [2.75, 3.05) is 40.0 Å². The van der Waals surface area contributed by atoms with Crippen LogP contribution in [0.5, 0.6) is 5.75 Å². The van der Waals surface area contributed by atoms with E-state index in [0.717, 1.165) is 26.3 Å². The van der Waals surface area contributed by atoms with E-state index in [9.17, 15) is 4.79 Å². The molecule has 1 aromatic carbocycles. The van der Waals surface area contributed by atoms with Gasteiger partial charge in [-0.1, -0.05) is 12.5 Å². The molecule has 3 unspecified atom stereocenters. The van der Waals surface area contributed by atoms with Crippen LogP contribution in [-0.2, 0) is 4.74 Å². The number of nitrogens with one attached hydrogen (secondary N) is 3. The number of rotatable bonds is 7. The van der Waals surface area contributed by atoms with Crippen LogP contribution < -0.4 is 20.7 Å². The molecule has 1 amide bonds. The first-order valence-corrected chi connectivity index (χ1v) is 9.24. The van der Waals surface area contributed by atoms with E-state index in [1.54, 1.807) is 19.2 Å². The van der Waals surface area contributed by atoms with Crippen molar-refractivity contribution >= 4 is 18.3 Å². The molecule has 1 saturated heterocycles. The van der Waals surface area contributed by atoms with Crippen LogP contribution >= 0.6 is 12.4 Å². The standard InChI is InChI=1S/C19H29N3O3.ClH/c1-24-15-5-2-4-14(12-15)19(23)22-9-8-20-17-7-3-6-16(17)18-13-25-11-10-21-18;/h2,4-5,12,16-18,20-21H,3,6-11,13H2,1H3,(H,22,23);1H. The molecule has 0 spiro atoms. The summed E-state index contributed by atoms with van der Waals surface area (Å²) in [6.07, 6.45) is 3.71. The summed E-state index contributed by atoms with van der Waals surface area (Å²) >= 11 is 0. The Labute approximate surface area is 161 Å². The number of hydrogen-bond acceptors (Lipinski definition) is 5. The van der Waals surface area contributed by atoms with Crippen molar-refractivity contribution in [3.8, 4) is 5.75 Å². The van der Waals surface area contributed by atoms with Gasteiger partial charge in [0, 0.05) is 37.3 Å². The summed E-state index contributed by atoms with van der Waals surface area (Å²) in [6.45, 7) is 3.98. The van der Waals surface area contributed by atoms with E-state index < -0.39 is 0 Å². The number of methoxy groups -OCH3 is 1. The number of carbonyl (C=O) groups excluding carboxylic acids is 1. The topological polar surface area (TPSA) is 71.6 Å². The van der Waals surface area contributed by atoms with Crippen molar-refractivity contribution in [1.82, 2.24) is 16.0 Å². The lowest BCUT2D eigenvalue weighted by atomic mass is 9.94. The normalized spacial score (nSPS) is 25.3. The van der Waals surface area contributed by atoms with Crippen molar-refractivity contribution in [2.45, 2.75) is 31.3 Å². The van der Waals surface area contributed by atoms with Gasteiger partial charge in [0.25, 0.3) is 5.91 Å². The van der Waals surface area contributed by atoms with Gasteiger partial charge in [0.05, 0.1) is 20.3 Å². The van der Waals surface area contributed by atoms with Crippen molar-refractivity contribution < 1.29 is 14.3 Å². The predicted octanol–water partition coefficient (Wildman–Crippen LogP) is 1.59. The predicted molar refractivity (Wildman–Crippen MR) is 104 cm³/mol. The maximum absolute atomic E-state index is 12.2. The Balaban J connectivity index is 0.00000243. The summed E-state index contributed by atoms with van der Waals surface area (Å²) in [5.41, 5.74) is 0.627. The third-order valence-corrected chi connectivity index (χ3v) is 5.19. The minimum Gasteiger partial charge on any atom is -0.497 e. The fraction of sp³-hybridized carbons (Fsp3) is 0.632. The summed E-state index contributed by atoms with van der Waals surface area (Å²) in [7, 11) is 1.60. The number of carbonyl (C=O) groups is 1. The molecule has 3 atom stereocenters. The van der Waals surface area contributed by atoms with Crippen LogP contribution in [0.1, 0.15) is 29.6 Å². The molecule has 6 nitrogen and oxygen atoms in total. The summed E-state index contributed by atoms with van der Waals surface area (Å²) < 4.78 is 10.8. The number of benzene rings is 1. The van der Waals surface area contributed by atoms with Gasteiger partial charge in [-0.15, -0.1) is 12.4 Å². The lowest BCUT2D eigenvalue weighted by Gasteiger charge is -2.33. The molecule has 1 aliphatic heterocycles. The van der Waals surface area contributed by atoms with E-state index >= 15 is 0 Å². The van der Waals surface area contributed by atoms with Gasteiger partial charge in [0.15, 0.2) is 0 Å². The second-order valence-electron chi connectivity index (χ2n) is 6.78. The number of amides is 1. The van der Waals surface area contributed by atoms with E-state index in [0.29, 0.717) is 35.9 Å². The first kappa shape index (κ1) is 21.0. The van der Waals surface area contributed by atoms with E-state index in [2.05, 4.69) is 16.0 Å². The molecule has 1 saturated carbocycles. The van der Waals surface area contributed by atoms with Gasteiger partial charge in [0.2, 0.25) is 0 Å². The summed E-state index contributed by atoms with van der Waals surface area (Å²) in [5, 5.41) is 10.2. The summed E-state index contributed by atoms with van der Waals surface area (Å²) in [5.74, 6) is 1.25. The molecule has 146 valence electrons. The highest BCUT2D eigenvalue weighted by Gasteiger charge is 2.34. The fourth-order valence-electron chi connectivity index (χ4n) is 3.88. The number of hydrogen-bond donors (Lipinski definition) is 3. The zero-order valence-electron chi connectivity index (χ0n) is 15.3. The van der Waals surface area contributed by atoms with Crippen LogP contribution in [0.3, 0.4) is 0 Å². The number of ether oxygens (including phenoxy) is 2. The monoisotopic (exact) mass is 383 g/mol. The van der Waals surface area contributed by atoms with Gasteiger partial charge >= 0.3 is 0 Å². The fourth-order valence-corrected chi connectivity index (χ4v) is 3.88. The van der Waals surface area contributed by atoms with Crippen molar-refractivity contribution in [1.29, 1.82) is 0 Å². The lowest BCUT2D eigenvalue weighted by Crippen LogP contribution is -2.51. The minimum absolute atomic E-state index is 0. The van der Waals surface area contributed by atoms with E-state index in [4.69, 9.17) is 9.47 Å². The Morgan fingerprint density at radius 3 is 3.00 bits per heavy atom. The highest BCUT2D eigenvalue weighted by atomic mass is 35.5. The maximum Gasteiger partial charge on any atom is 0.251 e. The Bertz CT molecular complexity index is 567. The van der Waals surface area contributed by atoms with Crippen molar-refractivity contribution in [2.24, 2.45) is 5.92 Å². The van der Waals surface area contributed by atoms with E-state index in [1.807, 2.05) is 12.1 Å². The van der Waals surface area contributed by atoms with Crippen LogP contribution in [0, 0.1) is 5.92 Å². The molecule has 0 aromatic heterocycles.